The Kier molecular flexibility index (Phi) is 2.62. The molecule has 4 unspecified atom stereocenters. The van der Waals surface area contributed by atoms with Crippen LogP contribution in [0.25, 0.3) is 0 Å². The Balaban J connectivity index is 1.89. The van der Waals surface area contributed by atoms with E-state index >= 15 is 0 Å². The predicted molar refractivity (Wildman–Crippen MR) is 56.7 cm³/mol. The van der Waals surface area contributed by atoms with Crippen LogP contribution in [-0.4, -0.2) is 11.9 Å². The first kappa shape index (κ1) is 9.75. The van der Waals surface area contributed by atoms with E-state index in [0.717, 1.165) is 17.8 Å². The molecule has 4 atom stereocenters. The van der Waals surface area contributed by atoms with Crippen molar-refractivity contribution in [2.75, 3.05) is 0 Å². The van der Waals surface area contributed by atoms with E-state index < -0.39 is 0 Å². The van der Waals surface area contributed by atoms with E-state index in [0.29, 0.717) is 6.04 Å². The van der Waals surface area contributed by atoms with Gasteiger partial charge in [0, 0.05) is 6.04 Å². The fourth-order valence-corrected chi connectivity index (χ4v) is 3.30. The fourth-order valence-electron chi connectivity index (χ4n) is 3.30. The van der Waals surface area contributed by atoms with Crippen molar-refractivity contribution in [2.24, 2.45) is 17.8 Å². The zero-order valence-corrected chi connectivity index (χ0v) is 8.83. The zero-order valence-electron chi connectivity index (χ0n) is 8.83. The minimum Gasteiger partial charge on any atom is -0.350 e. The number of fused-ring (bicyclic) bond motifs is 2. The molecule has 0 aliphatic heterocycles. The minimum absolute atomic E-state index is 0.0275. The van der Waals surface area contributed by atoms with Crippen molar-refractivity contribution in [3.63, 3.8) is 0 Å². The summed E-state index contributed by atoms with van der Waals surface area (Å²) >= 11 is 0. The molecule has 78 valence electrons. The maximum atomic E-state index is 11.2. The van der Waals surface area contributed by atoms with E-state index in [9.17, 15) is 4.79 Å². The van der Waals surface area contributed by atoms with Crippen molar-refractivity contribution in [1.29, 1.82) is 0 Å². The van der Waals surface area contributed by atoms with E-state index in [-0.39, 0.29) is 5.91 Å². The lowest BCUT2D eigenvalue weighted by molar-refractivity contribution is -0.117. The first-order valence-electron chi connectivity index (χ1n) is 5.63. The summed E-state index contributed by atoms with van der Waals surface area (Å²) in [7, 11) is 0. The lowest BCUT2D eigenvalue weighted by atomic mass is 9.84. The Morgan fingerprint density at radius 2 is 2.29 bits per heavy atom. The van der Waals surface area contributed by atoms with E-state index in [2.05, 4.69) is 18.8 Å². The highest BCUT2D eigenvalue weighted by Gasteiger charge is 2.41. The van der Waals surface area contributed by atoms with Gasteiger partial charge in [-0.3, -0.25) is 4.79 Å². The summed E-state index contributed by atoms with van der Waals surface area (Å²) in [5.74, 6) is 2.52. The van der Waals surface area contributed by atoms with Crippen LogP contribution >= 0.6 is 0 Å². The maximum absolute atomic E-state index is 11.2. The third-order valence-electron chi connectivity index (χ3n) is 3.99. The van der Waals surface area contributed by atoms with Crippen LogP contribution in [0, 0.1) is 17.8 Å². The van der Waals surface area contributed by atoms with Crippen molar-refractivity contribution < 1.29 is 4.79 Å². The van der Waals surface area contributed by atoms with Gasteiger partial charge in [0.15, 0.2) is 0 Å². The Bertz CT molecular complexity index is 249. The van der Waals surface area contributed by atoms with Gasteiger partial charge in [-0.05, 0) is 50.0 Å². The van der Waals surface area contributed by atoms with Crippen LogP contribution in [0.1, 0.15) is 32.6 Å². The van der Waals surface area contributed by atoms with Crippen LogP contribution < -0.4 is 5.32 Å². The van der Waals surface area contributed by atoms with Gasteiger partial charge in [-0.15, -0.1) is 0 Å². The Morgan fingerprint density at radius 3 is 2.79 bits per heavy atom. The molecule has 1 amide bonds. The predicted octanol–water partition coefficient (Wildman–Crippen LogP) is 2.11. The number of hydrogen-bond donors (Lipinski definition) is 1. The Morgan fingerprint density at radius 1 is 1.50 bits per heavy atom. The summed E-state index contributed by atoms with van der Waals surface area (Å²) in [6.45, 7) is 5.61. The van der Waals surface area contributed by atoms with Gasteiger partial charge >= 0.3 is 0 Å². The van der Waals surface area contributed by atoms with Crippen molar-refractivity contribution in [3.8, 4) is 0 Å². The number of hydrogen-bond acceptors (Lipinski definition) is 1. The highest BCUT2D eigenvalue weighted by Crippen LogP contribution is 2.49. The van der Waals surface area contributed by atoms with Gasteiger partial charge in [0.1, 0.15) is 0 Å². The Labute approximate surface area is 85.8 Å². The largest absolute Gasteiger partial charge is 0.350 e. The number of nitrogens with one attached hydrogen (secondary N) is 1. The Hall–Kier alpha value is -0.790. The van der Waals surface area contributed by atoms with Crippen molar-refractivity contribution in [2.45, 2.75) is 38.6 Å². The first-order chi connectivity index (χ1) is 6.70. The molecule has 0 heterocycles. The monoisotopic (exact) mass is 193 g/mol. The molecule has 2 nitrogen and oxygen atoms in total. The van der Waals surface area contributed by atoms with E-state index in [1.54, 1.807) is 0 Å². The number of rotatable bonds is 3. The van der Waals surface area contributed by atoms with Gasteiger partial charge in [-0.25, -0.2) is 0 Å². The SMILES string of the molecule is C=CC(=O)NC(C)C1CC2CCC1C2. The number of amides is 1. The lowest BCUT2D eigenvalue weighted by Crippen LogP contribution is -2.39. The lowest BCUT2D eigenvalue weighted by Gasteiger charge is -2.28. The second-order valence-corrected chi connectivity index (χ2v) is 4.84. The van der Waals surface area contributed by atoms with Gasteiger partial charge in [-0.2, -0.15) is 0 Å². The minimum atomic E-state index is -0.0275. The molecular weight excluding hydrogens is 174 g/mol. The molecule has 2 heteroatoms. The zero-order chi connectivity index (χ0) is 10.1. The number of carbonyl (C=O) groups excluding carboxylic acids is 1. The topological polar surface area (TPSA) is 29.1 Å². The van der Waals surface area contributed by atoms with E-state index in [1.165, 1.54) is 31.8 Å². The summed E-state index contributed by atoms with van der Waals surface area (Å²) in [6.07, 6.45) is 6.89. The molecular formula is C12H19NO. The highest BCUT2D eigenvalue weighted by molar-refractivity contribution is 5.87. The van der Waals surface area contributed by atoms with Crippen LogP contribution in [0.5, 0.6) is 0 Å². The van der Waals surface area contributed by atoms with Gasteiger partial charge in [0.25, 0.3) is 0 Å². The maximum Gasteiger partial charge on any atom is 0.243 e. The number of carbonyl (C=O) groups is 1. The third kappa shape index (κ3) is 1.70. The normalized spacial score (nSPS) is 36.8. The molecule has 2 aliphatic rings. The second-order valence-electron chi connectivity index (χ2n) is 4.84. The molecule has 14 heavy (non-hydrogen) atoms. The van der Waals surface area contributed by atoms with Crippen LogP contribution in [-0.2, 0) is 4.79 Å². The summed E-state index contributed by atoms with van der Waals surface area (Å²) in [5, 5.41) is 3.00. The smallest absolute Gasteiger partial charge is 0.243 e. The molecule has 2 rings (SSSR count). The summed E-state index contributed by atoms with van der Waals surface area (Å²) < 4.78 is 0. The molecule has 2 fully saturated rings. The average molecular weight is 193 g/mol. The van der Waals surface area contributed by atoms with E-state index in [4.69, 9.17) is 0 Å². The quantitative estimate of drug-likeness (QED) is 0.683. The highest BCUT2D eigenvalue weighted by atomic mass is 16.1. The first-order valence-corrected chi connectivity index (χ1v) is 5.63. The summed E-state index contributed by atoms with van der Waals surface area (Å²) in [6, 6.07) is 0.329. The second kappa shape index (κ2) is 3.76. The van der Waals surface area contributed by atoms with Gasteiger partial charge in [0.05, 0.1) is 0 Å². The molecule has 0 aromatic heterocycles. The van der Waals surface area contributed by atoms with Crippen LogP contribution in [0.15, 0.2) is 12.7 Å². The van der Waals surface area contributed by atoms with Crippen LogP contribution in [0.4, 0.5) is 0 Å². The molecule has 0 aromatic carbocycles. The average Bonchev–Trinajstić information content (AvgIpc) is 2.78. The molecule has 0 saturated heterocycles. The summed E-state index contributed by atoms with van der Waals surface area (Å²) in [4.78, 5) is 11.2. The van der Waals surface area contributed by atoms with Gasteiger partial charge in [0.2, 0.25) is 5.91 Å². The van der Waals surface area contributed by atoms with Crippen molar-refractivity contribution in [3.05, 3.63) is 12.7 Å². The molecule has 0 radical (unpaired) electrons. The van der Waals surface area contributed by atoms with Gasteiger partial charge < -0.3 is 5.32 Å². The molecule has 2 saturated carbocycles. The molecule has 1 N–H and O–H groups in total. The van der Waals surface area contributed by atoms with E-state index in [1.807, 2.05) is 0 Å². The fraction of sp³-hybridized carbons (Fsp3) is 0.750. The van der Waals surface area contributed by atoms with Crippen LogP contribution in [0.3, 0.4) is 0 Å². The summed E-state index contributed by atoms with van der Waals surface area (Å²) in [5.41, 5.74) is 0. The molecule has 0 aromatic rings. The molecule has 0 spiro atoms. The third-order valence-corrected chi connectivity index (χ3v) is 3.99. The molecule has 2 bridgehead atoms. The molecule has 2 aliphatic carbocycles. The van der Waals surface area contributed by atoms with Crippen molar-refractivity contribution in [1.82, 2.24) is 5.32 Å². The van der Waals surface area contributed by atoms with Crippen molar-refractivity contribution >= 4 is 5.91 Å². The standard InChI is InChI=1S/C12H19NO/c1-3-12(14)13-8(2)11-7-9-4-5-10(11)6-9/h3,8-11H,1,4-7H2,2H3,(H,13,14). The van der Waals surface area contributed by atoms with Crippen LogP contribution in [0.2, 0.25) is 0 Å². The van der Waals surface area contributed by atoms with Gasteiger partial charge in [-0.1, -0.05) is 13.0 Å².